The molecule has 1 aromatic heterocycles. The molecule has 2 aromatic rings. The van der Waals surface area contributed by atoms with E-state index in [2.05, 4.69) is 58.3 Å². The number of hydrogen-bond acceptors (Lipinski definition) is 3. The van der Waals surface area contributed by atoms with Gasteiger partial charge in [-0.25, -0.2) is 4.98 Å². The SMILES string of the molecule is CC1(C)CC(C)(C(=O)NCc2nccn2CCCc2ccccc2)CN1. The minimum Gasteiger partial charge on any atom is -0.348 e. The van der Waals surface area contributed by atoms with Crippen LogP contribution in [-0.4, -0.2) is 27.5 Å². The van der Waals surface area contributed by atoms with Crippen molar-refractivity contribution in [3.05, 3.63) is 54.1 Å². The van der Waals surface area contributed by atoms with E-state index in [1.165, 1.54) is 5.56 Å². The topological polar surface area (TPSA) is 59.0 Å². The molecule has 1 aliphatic rings. The van der Waals surface area contributed by atoms with Gasteiger partial charge >= 0.3 is 0 Å². The minimum atomic E-state index is -0.353. The number of imidazole rings is 1. The van der Waals surface area contributed by atoms with Gasteiger partial charge in [0.05, 0.1) is 12.0 Å². The van der Waals surface area contributed by atoms with Crippen LogP contribution in [0.5, 0.6) is 0 Å². The first kappa shape index (κ1) is 18.6. The maximum Gasteiger partial charge on any atom is 0.227 e. The quantitative estimate of drug-likeness (QED) is 0.804. The monoisotopic (exact) mass is 354 g/mol. The van der Waals surface area contributed by atoms with Crippen molar-refractivity contribution in [2.24, 2.45) is 5.41 Å². The van der Waals surface area contributed by atoms with Gasteiger partial charge in [0.2, 0.25) is 5.91 Å². The van der Waals surface area contributed by atoms with Crippen LogP contribution in [0.25, 0.3) is 0 Å². The van der Waals surface area contributed by atoms with Crippen molar-refractivity contribution < 1.29 is 4.79 Å². The van der Waals surface area contributed by atoms with Crippen LogP contribution in [-0.2, 0) is 24.3 Å². The first-order valence-corrected chi connectivity index (χ1v) is 9.45. The highest BCUT2D eigenvalue weighted by Crippen LogP contribution is 2.34. The number of aromatic nitrogens is 2. The average molecular weight is 354 g/mol. The molecular formula is C21H30N4O. The third kappa shape index (κ3) is 4.52. The second kappa shape index (κ2) is 7.62. The fraction of sp³-hybridized carbons (Fsp3) is 0.524. The molecule has 2 heterocycles. The molecule has 1 aromatic carbocycles. The van der Waals surface area contributed by atoms with E-state index < -0.39 is 0 Å². The van der Waals surface area contributed by atoms with Crippen molar-refractivity contribution in [2.75, 3.05) is 6.54 Å². The van der Waals surface area contributed by atoms with Crippen molar-refractivity contribution in [1.29, 1.82) is 0 Å². The molecular weight excluding hydrogens is 324 g/mol. The maximum absolute atomic E-state index is 12.7. The fourth-order valence-corrected chi connectivity index (χ4v) is 3.88. The Morgan fingerprint density at radius 1 is 1.27 bits per heavy atom. The van der Waals surface area contributed by atoms with E-state index in [1.807, 2.05) is 25.4 Å². The van der Waals surface area contributed by atoms with Gasteiger partial charge in [-0.3, -0.25) is 4.79 Å². The van der Waals surface area contributed by atoms with Gasteiger partial charge in [0.15, 0.2) is 0 Å². The Morgan fingerprint density at radius 3 is 2.73 bits per heavy atom. The van der Waals surface area contributed by atoms with Crippen LogP contribution in [0.1, 0.15) is 45.0 Å². The van der Waals surface area contributed by atoms with E-state index >= 15 is 0 Å². The second-order valence-corrected chi connectivity index (χ2v) is 8.28. The summed E-state index contributed by atoms with van der Waals surface area (Å²) in [6, 6.07) is 10.5. The van der Waals surface area contributed by atoms with Gasteiger partial charge < -0.3 is 15.2 Å². The average Bonchev–Trinajstić information content (AvgIpc) is 3.17. The van der Waals surface area contributed by atoms with Crippen molar-refractivity contribution in [2.45, 2.75) is 58.7 Å². The van der Waals surface area contributed by atoms with Crippen LogP contribution in [0, 0.1) is 5.41 Å². The van der Waals surface area contributed by atoms with E-state index in [0.717, 1.165) is 38.2 Å². The van der Waals surface area contributed by atoms with Gasteiger partial charge in [0.25, 0.3) is 0 Å². The molecule has 140 valence electrons. The van der Waals surface area contributed by atoms with Gasteiger partial charge in [0, 0.05) is 31.0 Å². The molecule has 1 fully saturated rings. The summed E-state index contributed by atoms with van der Waals surface area (Å²) in [6.07, 6.45) is 6.75. The number of hydrogen-bond donors (Lipinski definition) is 2. The zero-order valence-corrected chi connectivity index (χ0v) is 16.1. The zero-order chi connectivity index (χ0) is 18.6. The summed E-state index contributed by atoms with van der Waals surface area (Å²) in [4.78, 5) is 17.1. The molecule has 1 amide bonds. The number of nitrogens with one attached hydrogen (secondary N) is 2. The third-order valence-electron chi connectivity index (χ3n) is 5.25. The maximum atomic E-state index is 12.7. The molecule has 0 bridgehead atoms. The lowest BCUT2D eigenvalue weighted by Gasteiger charge is -2.24. The van der Waals surface area contributed by atoms with Crippen LogP contribution >= 0.6 is 0 Å². The number of amides is 1. The number of carbonyl (C=O) groups excluding carboxylic acids is 1. The number of nitrogens with zero attached hydrogens (tertiary/aromatic N) is 2. The smallest absolute Gasteiger partial charge is 0.227 e. The lowest BCUT2D eigenvalue weighted by molar-refractivity contribution is -0.129. The molecule has 26 heavy (non-hydrogen) atoms. The van der Waals surface area contributed by atoms with E-state index in [9.17, 15) is 4.79 Å². The molecule has 2 N–H and O–H groups in total. The summed E-state index contributed by atoms with van der Waals surface area (Å²) in [5.74, 6) is 1.02. The van der Waals surface area contributed by atoms with Crippen LogP contribution in [0.3, 0.4) is 0 Å². The number of aryl methyl sites for hydroxylation is 2. The Morgan fingerprint density at radius 2 is 2.04 bits per heavy atom. The van der Waals surface area contributed by atoms with Crippen molar-refractivity contribution >= 4 is 5.91 Å². The van der Waals surface area contributed by atoms with Crippen molar-refractivity contribution in [1.82, 2.24) is 20.2 Å². The third-order valence-corrected chi connectivity index (χ3v) is 5.25. The highest BCUT2D eigenvalue weighted by atomic mass is 16.2. The summed E-state index contributed by atoms with van der Waals surface area (Å²) in [5.41, 5.74) is 1.02. The Balaban J connectivity index is 1.50. The molecule has 5 nitrogen and oxygen atoms in total. The molecule has 0 saturated carbocycles. The zero-order valence-electron chi connectivity index (χ0n) is 16.1. The Labute approximate surface area is 156 Å². The molecule has 1 aliphatic heterocycles. The predicted molar refractivity (Wildman–Crippen MR) is 104 cm³/mol. The summed E-state index contributed by atoms with van der Waals surface area (Å²) < 4.78 is 2.14. The van der Waals surface area contributed by atoms with Gasteiger partial charge in [-0.1, -0.05) is 30.3 Å². The fourth-order valence-electron chi connectivity index (χ4n) is 3.88. The van der Waals surface area contributed by atoms with E-state index in [0.29, 0.717) is 6.54 Å². The molecule has 0 radical (unpaired) electrons. The van der Waals surface area contributed by atoms with Crippen LogP contribution in [0.2, 0.25) is 0 Å². The van der Waals surface area contributed by atoms with Crippen LogP contribution < -0.4 is 10.6 Å². The summed E-state index contributed by atoms with van der Waals surface area (Å²) in [5, 5.41) is 6.53. The molecule has 0 aliphatic carbocycles. The second-order valence-electron chi connectivity index (χ2n) is 8.28. The van der Waals surface area contributed by atoms with E-state index in [1.54, 1.807) is 0 Å². The molecule has 1 atom stereocenters. The predicted octanol–water partition coefficient (Wildman–Crippen LogP) is 2.91. The molecule has 3 rings (SSSR count). The number of carbonyl (C=O) groups is 1. The van der Waals surface area contributed by atoms with Crippen molar-refractivity contribution in [3.8, 4) is 0 Å². The van der Waals surface area contributed by atoms with Gasteiger partial charge in [-0.15, -0.1) is 0 Å². The highest BCUT2D eigenvalue weighted by Gasteiger charge is 2.44. The van der Waals surface area contributed by atoms with Crippen LogP contribution in [0.15, 0.2) is 42.7 Å². The van der Waals surface area contributed by atoms with Crippen LogP contribution in [0.4, 0.5) is 0 Å². The number of benzene rings is 1. The highest BCUT2D eigenvalue weighted by molar-refractivity contribution is 5.83. The molecule has 1 unspecified atom stereocenters. The molecule has 5 heteroatoms. The standard InChI is InChI=1S/C21H30N4O/c1-20(2)15-21(3,16-24-20)19(26)23-14-18-22-11-13-25(18)12-7-10-17-8-5-4-6-9-17/h4-6,8-9,11,13,24H,7,10,12,14-16H2,1-3H3,(H,23,26). The summed E-state index contributed by atoms with van der Waals surface area (Å²) >= 11 is 0. The Kier molecular flexibility index (Phi) is 5.47. The summed E-state index contributed by atoms with van der Waals surface area (Å²) in [6.45, 7) is 8.43. The molecule has 0 spiro atoms. The Bertz CT molecular complexity index is 737. The first-order chi connectivity index (χ1) is 12.4. The van der Waals surface area contributed by atoms with Gasteiger partial charge in [-0.05, 0) is 45.6 Å². The van der Waals surface area contributed by atoms with Crippen molar-refractivity contribution in [3.63, 3.8) is 0 Å². The van der Waals surface area contributed by atoms with Gasteiger partial charge in [-0.2, -0.15) is 0 Å². The lowest BCUT2D eigenvalue weighted by Crippen LogP contribution is -2.40. The largest absolute Gasteiger partial charge is 0.348 e. The first-order valence-electron chi connectivity index (χ1n) is 9.45. The van der Waals surface area contributed by atoms with E-state index in [4.69, 9.17) is 0 Å². The van der Waals surface area contributed by atoms with Gasteiger partial charge in [0.1, 0.15) is 5.82 Å². The molecule has 1 saturated heterocycles. The lowest BCUT2D eigenvalue weighted by atomic mass is 9.83. The summed E-state index contributed by atoms with van der Waals surface area (Å²) in [7, 11) is 0. The Hall–Kier alpha value is -2.14. The number of rotatable bonds is 7. The minimum absolute atomic E-state index is 0.0159. The van der Waals surface area contributed by atoms with E-state index in [-0.39, 0.29) is 16.9 Å². The normalized spacial score (nSPS) is 21.7.